The molecule has 0 spiro atoms. The van der Waals surface area contributed by atoms with Crippen molar-refractivity contribution in [1.82, 2.24) is 0 Å². The van der Waals surface area contributed by atoms with Gasteiger partial charge in [-0.05, 0) is 0 Å². The van der Waals surface area contributed by atoms with Crippen molar-refractivity contribution in [1.29, 1.82) is 0 Å². The summed E-state index contributed by atoms with van der Waals surface area (Å²) in [5.74, 6) is -1.62. The molecule has 0 radical (unpaired) electrons. The standard InChI is InChI=1S/2C21H23.C2H7Si.2ClH.Zr/c2*1-4-8-17-11-12-18-13-15(3)14-20(18)21(17)19-10-7-6-9-16(19)5-2;1-3-2;;;/h2*6-7,9-14H,4-5,8H2,1-3H3;3H,1-2H3;2*1H;/q;;;;;+2/p-2. The van der Waals surface area contributed by atoms with Gasteiger partial charge in [-0.25, -0.2) is 0 Å². The Hall–Kier alpha value is -1.96. The Balaban J connectivity index is 1.60. The molecule has 2 aliphatic rings. The van der Waals surface area contributed by atoms with Crippen LogP contribution in [0.3, 0.4) is 0 Å². The molecule has 0 N–H and O–H groups in total. The van der Waals surface area contributed by atoms with E-state index in [1.165, 1.54) is 77.9 Å². The van der Waals surface area contributed by atoms with E-state index in [0.717, 1.165) is 38.5 Å². The summed E-state index contributed by atoms with van der Waals surface area (Å²) in [6.07, 6.45) is 11.4. The molecule has 2 unspecified atom stereocenters. The van der Waals surface area contributed by atoms with Gasteiger partial charge in [0, 0.05) is 0 Å². The number of hydrogen-bond donors (Lipinski definition) is 0. The van der Waals surface area contributed by atoms with Crippen LogP contribution < -0.4 is 0 Å². The number of benzene rings is 4. The normalized spacial score (nSPS) is 17.9. The van der Waals surface area contributed by atoms with Crippen molar-refractivity contribution in [2.75, 3.05) is 0 Å². The third-order valence-corrected chi connectivity index (χ3v) is 63.9. The molecule has 4 heteroatoms. The summed E-state index contributed by atoms with van der Waals surface area (Å²) in [6, 6.07) is 27.7. The predicted molar refractivity (Wildman–Crippen MR) is 214 cm³/mol. The SMILES string of the molecule is CCCc1ccc2c(c1-c1ccccc1CC)C=C(C)[CH]2[Zr]([Cl])([Cl])([CH]1C(C)=Cc2c1ccc(CCC)c2-c1ccccc1CC)[SiH](C)C. The van der Waals surface area contributed by atoms with Crippen molar-refractivity contribution in [2.24, 2.45) is 0 Å². The topological polar surface area (TPSA) is 0 Å². The van der Waals surface area contributed by atoms with Gasteiger partial charge in [0.15, 0.2) is 0 Å². The molecular formula is C44H53Cl2SiZr. The fraction of sp³-hybridized carbons (Fsp3) is 0.364. The van der Waals surface area contributed by atoms with E-state index in [1.807, 2.05) is 0 Å². The van der Waals surface area contributed by atoms with Gasteiger partial charge in [-0.2, -0.15) is 0 Å². The van der Waals surface area contributed by atoms with Crippen LogP contribution in [0.15, 0.2) is 83.9 Å². The quantitative estimate of drug-likeness (QED) is 0.133. The van der Waals surface area contributed by atoms with E-state index in [0.29, 0.717) is 0 Å². The van der Waals surface area contributed by atoms with E-state index < -0.39 is 21.5 Å². The van der Waals surface area contributed by atoms with E-state index in [2.05, 4.69) is 140 Å². The fourth-order valence-corrected chi connectivity index (χ4v) is 42.2. The molecule has 251 valence electrons. The Labute approximate surface area is 299 Å². The van der Waals surface area contributed by atoms with Crippen LogP contribution >= 0.6 is 17.0 Å². The van der Waals surface area contributed by atoms with Crippen molar-refractivity contribution in [2.45, 2.75) is 100 Å². The van der Waals surface area contributed by atoms with E-state index in [1.54, 1.807) is 0 Å². The van der Waals surface area contributed by atoms with Crippen LogP contribution in [0.4, 0.5) is 0 Å². The second-order valence-corrected chi connectivity index (χ2v) is 57.3. The number of fused-ring (bicyclic) bond motifs is 2. The molecule has 0 aromatic heterocycles. The summed E-state index contributed by atoms with van der Waals surface area (Å²) < 4.78 is 0.196. The minimum absolute atomic E-state index is 0.0978. The second kappa shape index (κ2) is 14.0. The molecule has 0 nitrogen and oxygen atoms in total. The Kier molecular flexibility index (Phi) is 10.4. The van der Waals surface area contributed by atoms with Crippen LogP contribution in [0.1, 0.15) is 106 Å². The maximum atomic E-state index is 8.66. The number of halogens is 2. The molecule has 4 aromatic rings. The van der Waals surface area contributed by atoms with Crippen LogP contribution in [0, 0.1) is 0 Å². The summed E-state index contributed by atoms with van der Waals surface area (Å²) >= 11 is -4.80. The average Bonchev–Trinajstić information content (AvgIpc) is 3.61. The minimum atomic E-state index is -4.80. The molecule has 48 heavy (non-hydrogen) atoms. The number of hydrogen-bond acceptors (Lipinski definition) is 0. The summed E-state index contributed by atoms with van der Waals surface area (Å²) in [5, 5.41) is 0. The second-order valence-electron chi connectivity index (χ2n) is 14.8. The van der Waals surface area contributed by atoms with Gasteiger partial charge in [-0.1, -0.05) is 0 Å². The molecule has 0 aliphatic heterocycles. The first-order valence-electron chi connectivity index (χ1n) is 18.4. The number of allylic oxidation sites excluding steroid dienone is 2. The molecule has 0 bridgehead atoms. The Bertz CT molecular complexity index is 1800. The Morgan fingerprint density at radius 3 is 1.31 bits per heavy atom. The molecule has 4 aromatic carbocycles. The van der Waals surface area contributed by atoms with Gasteiger partial charge in [0.1, 0.15) is 0 Å². The molecule has 0 saturated carbocycles. The van der Waals surface area contributed by atoms with Gasteiger partial charge in [-0.15, -0.1) is 0 Å². The molecule has 0 fully saturated rings. The Morgan fingerprint density at radius 2 is 0.958 bits per heavy atom. The van der Waals surface area contributed by atoms with Crippen molar-refractivity contribution in [3.8, 4) is 22.3 Å². The first kappa shape index (κ1) is 35.9. The monoisotopic (exact) mass is 769 g/mol. The molecule has 6 rings (SSSR count). The van der Waals surface area contributed by atoms with E-state index in [4.69, 9.17) is 17.0 Å². The van der Waals surface area contributed by atoms with Crippen LogP contribution in [0.5, 0.6) is 0 Å². The molecule has 2 aliphatic carbocycles. The Morgan fingerprint density at radius 1 is 0.562 bits per heavy atom. The summed E-state index contributed by atoms with van der Waals surface area (Å²) in [4.78, 5) is 0. The van der Waals surface area contributed by atoms with Crippen molar-refractivity contribution in [3.05, 3.63) is 128 Å². The third kappa shape index (κ3) is 5.66. The van der Waals surface area contributed by atoms with Crippen LogP contribution in [-0.2, 0) is 41.2 Å². The van der Waals surface area contributed by atoms with Gasteiger partial charge < -0.3 is 0 Å². The average molecular weight is 772 g/mol. The van der Waals surface area contributed by atoms with Gasteiger partial charge >= 0.3 is 302 Å². The first-order chi connectivity index (χ1) is 23.0. The van der Waals surface area contributed by atoms with Gasteiger partial charge in [0.2, 0.25) is 0 Å². The van der Waals surface area contributed by atoms with Crippen LogP contribution in [-0.4, -0.2) is 5.92 Å². The first-order valence-corrected chi connectivity index (χ1v) is 34.7. The number of rotatable bonds is 11. The number of aryl methyl sites for hydroxylation is 4. The molecule has 0 heterocycles. The zero-order valence-corrected chi connectivity index (χ0v) is 35.4. The van der Waals surface area contributed by atoms with Crippen molar-refractivity contribution >= 4 is 35.1 Å². The molecular weight excluding hydrogens is 719 g/mol. The van der Waals surface area contributed by atoms with E-state index in [9.17, 15) is 0 Å². The van der Waals surface area contributed by atoms with Crippen LogP contribution in [0.2, 0.25) is 13.1 Å². The molecule has 2 atom stereocenters. The van der Waals surface area contributed by atoms with Crippen LogP contribution in [0.25, 0.3) is 34.4 Å². The zero-order chi connectivity index (χ0) is 34.4. The zero-order valence-electron chi connectivity index (χ0n) is 30.3. The maximum absolute atomic E-state index is 8.66. The third-order valence-electron chi connectivity index (χ3n) is 11.6. The predicted octanol–water partition coefficient (Wildman–Crippen LogP) is 13.6. The van der Waals surface area contributed by atoms with E-state index in [-0.39, 0.29) is 7.25 Å². The van der Waals surface area contributed by atoms with Crippen molar-refractivity contribution in [3.63, 3.8) is 0 Å². The van der Waals surface area contributed by atoms with Gasteiger partial charge in [-0.3, -0.25) is 0 Å². The van der Waals surface area contributed by atoms with Crippen molar-refractivity contribution < 1.29 is 15.6 Å². The summed E-state index contributed by atoms with van der Waals surface area (Å²) in [7, 11) is 17.3. The summed E-state index contributed by atoms with van der Waals surface area (Å²) in [6.45, 7) is 18.7. The summed E-state index contributed by atoms with van der Waals surface area (Å²) in [5.41, 5.74) is 19.5. The molecule has 0 amide bonds. The fourth-order valence-electron chi connectivity index (χ4n) is 9.32. The van der Waals surface area contributed by atoms with E-state index >= 15 is 0 Å². The van der Waals surface area contributed by atoms with Gasteiger partial charge in [0.25, 0.3) is 0 Å². The molecule has 0 saturated heterocycles. The van der Waals surface area contributed by atoms with Gasteiger partial charge in [0.05, 0.1) is 0 Å².